The zero-order chi connectivity index (χ0) is 24.0. The monoisotopic (exact) mass is 454 g/mol. The topological polar surface area (TPSA) is 103 Å². The molecule has 2 aromatic rings. The van der Waals surface area contributed by atoms with Gasteiger partial charge in [-0.3, -0.25) is 4.99 Å². The number of H-pyrrole nitrogens is 1. The van der Waals surface area contributed by atoms with Crippen LogP contribution in [0, 0.1) is 5.82 Å². The smallest absolute Gasteiger partial charge is 0.407 e. The molecule has 4 N–H and O–H groups in total. The maximum Gasteiger partial charge on any atom is 0.407 e. The van der Waals surface area contributed by atoms with E-state index in [0.717, 1.165) is 18.7 Å². The fourth-order valence-electron chi connectivity index (χ4n) is 3.25. The highest BCUT2D eigenvalue weighted by atomic mass is 19.1. The SMILES string of the molecule is C=C(/C=C\NC(C)=NC[C@H](C)NC(=O)OC)c1nc(C2CC2)[nH]c1-c1cccc(NC)c1F. The third-order valence-corrected chi connectivity index (χ3v) is 5.26. The van der Waals surface area contributed by atoms with Gasteiger partial charge >= 0.3 is 6.09 Å². The Kier molecular flexibility index (Phi) is 7.87. The number of hydrogen-bond acceptors (Lipinski definition) is 5. The van der Waals surface area contributed by atoms with E-state index in [-0.39, 0.29) is 11.9 Å². The van der Waals surface area contributed by atoms with Crippen LogP contribution in [0.25, 0.3) is 16.8 Å². The van der Waals surface area contributed by atoms with Gasteiger partial charge in [0.2, 0.25) is 0 Å². The van der Waals surface area contributed by atoms with Gasteiger partial charge in [0.15, 0.2) is 5.82 Å². The number of carbonyl (C=O) groups is 1. The largest absolute Gasteiger partial charge is 0.453 e. The second-order valence-electron chi connectivity index (χ2n) is 8.00. The van der Waals surface area contributed by atoms with E-state index in [1.54, 1.807) is 31.5 Å². The van der Waals surface area contributed by atoms with Gasteiger partial charge in [-0.1, -0.05) is 12.6 Å². The minimum absolute atomic E-state index is 0.163. The predicted molar refractivity (Wildman–Crippen MR) is 130 cm³/mol. The average molecular weight is 455 g/mol. The van der Waals surface area contributed by atoms with Crippen LogP contribution in [-0.4, -0.2) is 48.6 Å². The van der Waals surface area contributed by atoms with Crippen molar-refractivity contribution >= 4 is 23.2 Å². The van der Waals surface area contributed by atoms with Gasteiger partial charge in [0.25, 0.3) is 0 Å². The molecule has 1 aromatic heterocycles. The Balaban J connectivity index is 1.73. The van der Waals surface area contributed by atoms with E-state index >= 15 is 4.39 Å². The maximum atomic E-state index is 15.0. The first-order valence-corrected chi connectivity index (χ1v) is 10.9. The van der Waals surface area contributed by atoms with Crippen LogP contribution in [0.1, 0.15) is 44.1 Å². The van der Waals surface area contributed by atoms with E-state index in [9.17, 15) is 4.79 Å². The number of ether oxygens (including phenoxy) is 1. The second kappa shape index (κ2) is 10.8. The minimum atomic E-state index is -0.489. The Hall–Kier alpha value is -3.62. The van der Waals surface area contributed by atoms with Crippen molar-refractivity contribution in [3.63, 3.8) is 0 Å². The summed E-state index contributed by atoms with van der Waals surface area (Å²) in [6.45, 7) is 8.20. The summed E-state index contributed by atoms with van der Waals surface area (Å²) in [5.41, 5.74) is 2.75. The molecule has 1 heterocycles. The molecule has 0 unspecified atom stereocenters. The number of benzene rings is 1. The molecule has 33 heavy (non-hydrogen) atoms. The summed E-state index contributed by atoms with van der Waals surface area (Å²) >= 11 is 0. The van der Waals surface area contributed by atoms with Crippen LogP contribution in [0.2, 0.25) is 0 Å². The van der Waals surface area contributed by atoms with Crippen molar-refractivity contribution in [1.82, 2.24) is 20.6 Å². The number of nitrogens with one attached hydrogen (secondary N) is 4. The van der Waals surface area contributed by atoms with Crippen LogP contribution in [0.4, 0.5) is 14.9 Å². The first kappa shape index (κ1) is 24.0. The predicted octanol–water partition coefficient (Wildman–Crippen LogP) is 4.41. The molecule has 1 atom stereocenters. The number of amides is 1. The Morgan fingerprint density at radius 2 is 2.21 bits per heavy atom. The number of nitrogens with zero attached hydrogens (tertiary/aromatic N) is 2. The summed E-state index contributed by atoms with van der Waals surface area (Å²) in [6, 6.07) is 5.07. The van der Waals surface area contributed by atoms with Crippen LogP contribution in [0.5, 0.6) is 0 Å². The zero-order valence-electron chi connectivity index (χ0n) is 19.5. The molecule has 3 rings (SSSR count). The van der Waals surface area contributed by atoms with Crippen molar-refractivity contribution in [3.05, 3.63) is 54.4 Å². The number of aromatic nitrogens is 2. The summed E-state index contributed by atoms with van der Waals surface area (Å²) in [6.07, 6.45) is 5.17. The number of halogens is 1. The number of aromatic amines is 1. The highest BCUT2D eigenvalue weighted by molar-refractivity contribution is 5.84. The standard InChI is InChI=1S/C24H31FN6O2/c1-14(11-12-27-16(3)28-13-15(2)29-24(32)33-5)21-22(31-23(30-21)17-9-10-17)18-7-6-8-19(26-4)20(18)25/h6-8,11-12,15,17,26H,1,9-10,13H2,2-5H3,(H,27,28)(H,29,32)(H,30,31)/b12-11-/t15-/m0/s1. The lowest BCUT2D eigenvalue weighted by Gasteiger charge is -2.10. The van der Waals surface area contributed by atoms with Crippen molar-refractivity contribution in [1.29, 1.82) is 0 Å². The van der Waals surface area contributed by atoms with Gasteiger partial charge in [-0.05, 0) is 50.5 Å². The number of anilines is 1. The van der Waals surface area contributed by atoms with E-state index in [0.29, 0.717) is 46.5 Å². The summed E-state index contributed by atoms with van der Waals surface area (Å²) in [5.74, 6) is 1.59. The summed E-state index contributed by atoms with van der Waals surface area (Å²) < 4.78 is 19.6. The third kappa shape index (κ3) is 6.21. The summed E-state index contributed by atoms with van der Waals surface area (Å²) in [7, 11) is 3.01. The van der Waals surface area contributed by atoms with E-state index in [1.165, 1.54) is 7.11 Å². The highest BCUT2D eigenvalue weighted by Crippen LogP contribution is 2.41. The average Bonchev–Trinajstić information content (AvgIpc) is 3.56. The molecular weight excluding hydrogens is 423 g/mol. The first-order valence-electron chi connectivity index (χ1n) is 10.9. The molecule has 1 aromatic carbocycles. The Morgan fingerprint density at radius 3 is 2.88 bits per heavy atom. The van der Waals surface area contributed by atoms with Gasteiger partial charge in [-0.15, -0.1) is 0 Å². The molecule has 176 valence electrons. The second-order valence-corrected chi connectivity index (χ2v) is 8.00. The molecule has 1 saturated carbocycles. The minimum Gasteiger partial charge on any atom is -0.453 e. The van der Waals surface area contributed by atoms with E-state index in [1.807, 2.05) is 19.9 Å². The number of methoxy groups -OCH3 is 1. The molecule has 1 fully saturated rings. The molecule has 0 aliphatic heterocycles. The molecule has 1 amide bonds. The molecule has 1 aliphatic carbocycles. The van der Waals surface area contributed by atoms with E-state index in [2.05, 4.69) is 37.2 Å². The number of amidine groups is 1. The number of carbonyl (C=O) groups excluding carboxylic acids is 1. The summed E-state index contributed by atoms with van der Waals surface area (Å²) in [5, 5.41) is 8.61. The molecule has 0 radical (unpaired) electrons. The fourth-order valence-corrected chi connectivity index (χ4v) is 3.25. The fraction of sp³-hybridized carbons (Fsp3) is 0.375. The van der Waals surface area contributed by atoms with Crippen molar-refractivity contribution < 1.29 is 13.9 Å². The quantitative estimate of drug-likeness (QED) is 0.255. The van der Waals surface area contributed by atoms with Crippen molar-refractivity contribution in [2.24, 2.45) is 4.99 Å². The Labute approximate surface area is 193 Å². The molecule has 9 heteroatoms. The van der Waals surface area contributed by atoms with E-state index in [4.69, 9.17) is 4.98 Å². The third-order valence-electron chi connectivity index (χ3n) is 5.26. The molecule has 8 nitrogen and oxygen atoms in total. The van der Waals surface area contributed by atoms with Gasteiger partial charge in [-0.25, -0.2) is 14.2 Å². The Morgan fingerprint density at radius 1 is 1.45 bits per heavy atom. The lowest BCUT2D eigenvalue weighted by molar-refractivity contribution is 0.168. The first-order chi connectivity index (χ1) is 15.8. The van der Waals surface area contributed by atoms with Gasteiger partial charge < -0.3 is 25.7 Å². The molecule has 0 spiro atoms. The highest BCUT2D eigenvalue weighted by Gasteiger charge is 2.29. The number of alkyl carbamates (subject to hydrolysis) is 1. The van der Waals surface area contributed by atoms with Gasteiger partial charge in [0, 0.05) is 30.8 Å². The van der Waals surface area contributed by atoms with E-state index < -0.39 is 6.09 Å². The van der Waals surface area contributed by atoms with Crippen molar-refractivity contribution in [3.8, 4) is 11.3 Å². The van der Waals surface area contributed by atoms with Crippen molar-refractivity contribution in [2.75, 3.05) is 26.0 Å². The lowest BCUT2D eigenvalue weighted by Crippen LogP contribution is -2.35. The molecule has 0 bridgehead atoms. The lowest BCUT2D eigenvalue weighted by atomic mass is 10.0. The number of allylic oxidation sites excluding steroid dienone is 2. The van der Waals surface area contributed by atoms with Crippen LogP contribution in [0.15, 0.2) is 42.0 Å². The number of hydrogen-bond donors (Lipinski definition) is 4. The van der Waals surface area contributed by atoms with Gasteiger partial charge in [-0.2, -0.15) is 0 Å². The van der Waals surface area contributed by atoms with Crippen LogP contribution < -0.4 is 16.0 Å². The normalized spacial score (nSPS) is 14.8. The van der Waals surface area contributed by atoms with Crippen LogP contribution >= 0.6 is 0 Å². The molecule has 1 aliphatic rings. The Bertz CT molecular complexity index is 1070. The van der Waals surface area contributed by atoms with Gasteiger partial charge in [0.05, 0.1) is 36.6 Å². The molecule has 0 saturated heterocycles. The molecular formula is C24H31FN6O2. The zero-order valence-corrected chi connectivity index (χ0v) is 19.5. The van der Waals surface area contributed by atoms with Crippen LogP contribution in [0.3, 0.4) is 0 Å². The summed E-state index contributed by atoms with van der Waals surface area (Å²) in [4.78, 5) is 23.7. The number of rotatable bonds is 9. The number of aliphatic imine (C=N–C) groups is 1. The van der Waals surface area contributed by atoms with Gasteiger partial charge in [0.1, 0.15) is 5.82 Å². The number of imidazole rings is 1. The van der Waals surface area contributed by atoms with Crippen molar-refractivity contribution in [2.45, 2.75) is 38.6 Å². The van der Waals surface area contributed by atoms with Crippen LogP contribution in [-0.2, 0) is 4.74 Å². The maximum absolute atomic E-state index is 15.0.